The normalized spacial score (nSPS) is 17.3. The van der Waals surface area contributed by atoms with Crippen LogP contribution in [0.2, 0.25) is 0 Å². The lowest BCUT2D eigenvalue weighted by atomic mass is 9.73. The molecule has 2 aromatic carbocycles. The summed E-state index contributed by atoms with van der Waals surface area (Å²) in [5.41, 5.74) is -1.56. The number of ether oxygens (including phenoxy) is 2. The minimum Gasteiger partial charge on any atom is -0.497 e. The van der Waals surface area contributed by atoms with Crippen molar-refractivity contribution in [2.75, 3.05) is 38.4 Å². The third-order valence-corrected chi connectivity index (χ3v) is 12.8. The molecule has 238 valence electrons. The summed E-state index contributed by atoms with van der Waals surface area (Å²) in [6.45, 7) is 11.5. The Balaban J connectivity index is 2.43. The van der Waals surface area contributed by atoms with Gasteiger partial charge >= 0.3 is 21.3 Å². The fourth-order valence-corrected chi connectivity index (χ4v) is 10.7. The molecule has 3 rings (SSSR count). The fraction of sp³-hybridized carbons (Fsp3) is 0.533. The van der Waals surface area contributed by atoms with E-state index < -0.39 is 50.0 Å². The van der Waals surface area contributed by atoms with Gasteiger partial charge in [0, 0.05) is 0 Å². The number of rotatable bonds is 14. The molecule has 43 heavy (non-hydrogen) atoms. The van der Waals surface area contributed by atoms with Crippen molar-refractivity contribution in [2.24, 2.45) is 0 Å². The molecule has 1 heterocycles. The number of anilines is 1. The van der Waals surface area contributed by atoms with E-state index in [1.54, 1.807) is 97.0 Å². The molecule has 0 unspecified atom stereocenters. The SMILES string of the molecule is CCOP(=O)(OCC)C(C[C@]1(c2cccc(OC)c2)C(=O)N(C(=O)OC(C)(C)C)c2ccccc21)P(=O)(OCC)OCC. The molecule has 2 aromatic rings. The zero-order chi connectivity index (χ0) is 32.1. The number of amides is 2. The second-order valence-corrected chi connectivity index (χ2v) is 15.6. The van der Waals surface area contributed by atoms with Gasteiger partial charge in [0.05, 0.1) is 39.2 Å². The van der Waals surface area contributed by atoms with Gasteiger partial charge in [-0.1, -0.05) is 30.3 Å². The summed E-state index contributed by atoms with van der Waals surface area (Å²) in [6.07, 6.45) is -1.30. The topological polar surface area (TPSA) is 127 Å². The standard InChI is InChI=1S/C30H43NO10P2/c1-9-37-42(34,38-10-2)26(43(35,39-11-3)40-12-4)21-30(22-16-15-17-23(20-22)36-8)24-18-13-14-19-25(24)31(27(30)32)28(33)41-29(5,6)7/h13-20,26H,9-12,21H2,1-8H3/t30-/m1/s1. The first kappa shape index (κ1) is 35.0. The van der Waals surface area contributed by atoms with E-state index in [2.05, 4.69) is 0 Å². The van der Waals surface area contributed by atoms with Crippen LogP contribution in [0.15, 0.2) is 48.5 Å². The summed E-state index contributed by atoms with van der Waals surface area (Å²) in [5, 5.41) is -1.55. The maximum Gasteiger partial charge on any atom is 0.421 e. The molecule has 0 fully saturated rings. The molecule has 0 bridgehead atoms. The van der Waals surface area contributed by atoms with Crippen molar-refractivity contribution in [3.8, 4) is 5.75 Å². The number of hydrogen-bond acceptors (Lipinski definition) is 10. The number of methoxy groups -OCH3 is 1. The van der Waals surface area contributed by atoms with E-state index in [0.717, 1.165) is 4.90 Å². The Hall–Kier alpha value is -2.52. The number of fused-ring (bicyclic) bond motifs is 1. The minimum absolute atomic E-state index is 0.0350. The third-order valence-electron chi connectivity index (χ3n) is 6.77. The van der Waals surface area contributed by atoms with Gasteiger partial charge in [0.15, 0.2) is 5.40 Å². The molecule has 11 nitrogen and oxygen atoms in total. The molecule has 13 heteroatoms. The molecule has 1 atom stereocenters. The smallest absolute Gasteiger partial charge is 0.421 e. The number of hydrogen-bond donors (Lipinski definition) is 0. The third kappa shape index (κ3) is 7.08. The monoisotopic (exact) mass is 639 g/mol. The van der Waals surface area contributed by atoms with Crippen molar-refractivity contribution in [3.05, 3.63) is 59.7 Å². The molecule has 0 saturated heterocycles. The average Bonchev–Trinajstić information content (AvgIpc) is 3.19. The van der Waals surface area contributed by atoms with Crippen LogP contribution in [0.3, 0.4) is 0 Å². The van der Waals surface area contributed by atoms with Crippen molar-refractivity contribution in [3.63, 3.8) is 0 Å². The summed E-state index contributed by atoms with van der Waals surface area (Å²) in [7, 11) is -7.09. The second-order valence-electron chi connectivity index (χ2n) is 10.7. The Morgan fingerprint density at radius 2 is 1.40 bits per heavy atom. The predicted octanol–water partition coefficient (Wildman–Crippen LogP) is 7.51. The van der Waals surface area contributed by atoms with E-state index in [0.29, 0.717) is 16.9 Å². The highest BCUT2D eigenvalue weighted by Crippen LogP contribution is 2.73. The highest BCUT2D eigenvalue weighted by Gasteiger charge is 2.62. The molecular weight excluding hydrogens is 596 g/mol. The second kappa shape index (κ2) is 14.1. The molecule has 0 radical (unpaired) electrons. The average molecular weight is 640 g/mol. The molecule has 2 amide bonds. The van der Waals surface area contributed by atoms with E-state index in [9.17, 15) is 18.7 Å². The quantitative estimate of drug-likeness (QED) is 0.192. The van der Waals surface area contributed by atoms with Gasteiger partial charge in [-0.05, 0) is 84.2 Å². The van der Waals surface area contributed by atoms with Crippen LogP contribution in [-0.4, -0.2) is 56.5 Å². The minimum atomic E-state index is -4.29. The first-order valence-electron chi connectivity index (χ1n) is 14.4. The summed E-state index contributed by atoms with van der Waals surface area (Å²) in [6, 6.07) is 13.5. The zero-order valence-electron chi connectivity index (χ0n) is 26.2. The van der Waals surface area contributed by atoms with Crippen LogP contribution in [-0.2, 0) is 42.2 Å². The van der Waals surface area contributed by atoms with Crippen molar-refractivity contribution in [2.45, 2.75) is 71.3 Å². The van der Waals surface area contributed by atoms with Gasteiger partial charge in [-0.2, -0.15) is 0 Å². The Bertz CT molecular complexity index is 1340. The van der Waals surface area contributed by atoms with E-state index in [4.69, 9.17) is 27.6 Å². The fourth-order valence-electron chi connectivity index (χ4n) is 5.23. The van der Waals surface area contributed by atoms with Gasteiger partial charge in [-0.15, -0.1) is 0 Å². The summed E-state index contributed by atoms with van der Waals surface area (Å²) >= 11 is 0. The first-order chi connectivity index (χ1) is 20.3. The van der Waals surface area contributed by atoms with E-state index in [-0.39, 0.29) is 32.1 Å². The number of carbonyl (C=O) groups excluding carboxylic acids is 2. The maximum absolute atomic E-state index is 14.9. The Labute approximate surface area is 254 Å². The lowest BCUT2D eigenvalue weighted by Crippen LogP contribution is -2.47. The molecule has 0 saturated carbocycles. The van der Waals surface area contributed by atoms with Gasteiger partial charge in [0.25, 0.3) is 5.91 Å². The molecule has 1 aliphatic rings. The van der Waals surface area contributed by atoms with Crippen LogP contribution in [0.25, 0.3) is 0 Å². The van der Waals surface area contributed by atoms with Gasteiger partial charge < -0.3 is 27.6 Å². The maximum atomic E-state index is 14.9. The number of benzene rings is 2. The van der Waals surface area contributed by atoms with Crippen LogP contribution in [0.1, 0.15) is 66.0 Å². The van der Waals surface area contributed by atoms with Gasteiger partial charge in [0.2, 0.25) is 0 Å². The van der Waals surface area contributed by atoms with E-state index in [1.165, 1.54) is 7.11 Å². The Kier molecular flexibility index (Phi) is 11.4. The lowest BCUT2D eigenvalue weighted by Gasteiger charge is -2.37. The van der Waals surface area contributed by atoms with Crippen LogP contribution < -0.4 is 9.64 Å². The highest BCUT2D eigenvalue weighted by molar-refractivity contribution is 7.72. The van der Waals surface area contributed by atoms with Crippen LogP contribution in [0.4, 0.5) is 10.5 Å². The first-order valence-corrected chi connectivity index (χ1v) is 17.6. The number of nitrogens with zero attached hydrogens (tertiary/aromatic N) is 1. The Morgan fingerprint density at radius 3 is 1.88 bits per heavy atom. The summed E-state index contributed by atoms with van der Waals surface area (Å²) < 4.78 is 63.3. The van der Waals surface area contributed by atoms with Crippen molar-refractivity contribution in [1.29, 1.82) is 0 Å². The molecule has 0 aliphatic carbocycles. The summed E-state index contributed by atoms with van der Waals surface area (Å²) in [5.74, 6) is -0.259. The predicted molar refractivity (Wildman–Crippen MR) is 164 cm³/mol. The highest BCUT2D eigenvalue weighted by atomic mass is 31.2. The number of carbonyl (C=O) groups is 2. The summed E-state index contributed by atoms with van der Waals surface area (Å²) in [4.78, 5) is 29.5. The zero-order valence-corrected chi connectivity index (χ0v) is 27.9. The van der Waals surface area contributed by atoms with Gasteiger partial charge in [-0.25, -0.2) is 9.69 Å². The van der Waals surface area contributed by atoms with E-state index >= 15 is 0 Å². The van der Waals surface area contributed by atoms with Crippen LogP contribution in [0.5, 0.6) is 5.75 Å². The lowest BCUT2D eigenvalue weighted by molar-refractivity contribution is -0.121. The number of imide groups is 1. The molecule has 0 aromatic heterocycles. The largest absolute Gasteiger partial charge is 0.497 e. The Morgan fingerprint density at radius 1 is 0.860 bits per heavy atom. The van der Waals surface area contributed by atoms with Crippen molar-refractivity contribution < 1.29 is 46.3 Å². The van der Waals surface area contributed by atoms with Gasteiger partial charge in [0.1, 0.15) is 16.8 Å². The van der Waals surface area contributed by atoms with Crippen LogP contribution in [0, 0.1) is 0 Å². The van der Waals surface area contributed by atoms with Crippen molar-refractivity contribution in [1.82, 2.24) is 0 Å². The molecular formula is C30H43NO10P2. The molecule has 1 aliphatic heterocycles. The molecule has 0 spiro atoms. The van der Waals surface area contributed by atoms with Gasteiger partial charge in [-0.3, -0.25) is 13.9 Å². The van der Waals surface area contributed by atoms with Crippen molar-refractivity contribution >= 4 is 32.9 Å². The molecule has 0 N–H and O–H groups in total. The van der Waals surface area contributed by atoms with E-state index in [1.807, 2.05) is 0 Å². The number of para-hydroxylation sites is 1. The van der Waals surface area contributed by atoms with Crippen LogP contribution >= 0.6 is 15.2 Å².